The Labute approximate surface area is 106 Å². The summed E-state index contributed by atoms with van der Waals surface area (Å²) in [6, 6.07) is 3.55. The minimum atomic E-state index is 0.0364. The smallest absolute Gasteiger partial charge is 0.259 e. The molecule has 0 aliphatic carbocycles. The molecule has 1 amide bonds. The van der Waals surface area contributed by atoms with Crippen molar-refractivity contribution in [1.29, 1.82) is 0 Å². The summed E-state index contributed by atoms with van der Waals surface area (Å²) in [5.41, 5.74) is 0.563. The molecule has 1 aromatic rings. The van der Waals surface area contributed by atoms with Crippen molar-refractivity contribution in [2.45, 2.75) is 0 Å². The van der Waals surface area contributed by atoms with Gasteiger partial charge in [-0.05, 0) is 24.0 Å². The average molecular weight is 247 g/mol. The second-order valence-electron chi connectivity index (χ2n) is 4.95. The van der Waals surface area contributed by atoms with Crippen molar-refractivity contribution in [3.63, 3.8) is 0 Å². The largest absolute Gasteiger partial charge is 0.480 e. The molecule has 1 aromatic heterocycles. The van der Waals surface area contributed by atoms with E-state index < -0.39 is 0 Å². The van der Waals surface area contributed by atoms with Crippen molar-refractivity contribution < 1.29 is 9.53 Å². The molecule has 5 heteroatoms. The quantitative estimate of drug-likeness (QED) is 0.821. The maximum absolute atomic E-state index is 12.4. The van der Waals surface area contributed by atoms with Crippen LogP contribution in [0.2, 0.25) is 0 Å². The van der Waals surface area contributed by atoms with Crippen LogP contribution < -0.4 is 10.1 Å². The molecule has 2 fully saturated rings. The molecule has 96 valence electrons. The standard InChI is InChI=1S/C13H17N3O2/c1-18-12-11(3-2-4-15-12)13(17)16-7-9-5-14-6-10(9)8-16/h2-4,9-10,14H,5-8H2,1H3/t9-,10+. The van der Waals surface area contributed by atoms with E-state index in [1.165, 1.54) is 0 Å². The number of carbonyl (C=O) groups excluding carboxylic acids is 1. The van der Waals surface area contributed by atoms with Crippen molar-refractivity contribution in [3.8, 4) is 5.88 Å². The van der Waals surface area contributed by atoms with Gasteiger partial charge in [-0.2, -0.15) is 0 Å². The van der Waals surface area contributed by atoms with E-state index in [9.17, 15) is 4.79 Å². The van der Waals surface area contributed by atoms with E-state index in [0.29, 0.717) is 23.3 Å². The first-order valence-electron chi connectivity index (χ1n) is 6.28. The summed E-state index contributed by atoms with van der Waals surface area (Å²) in [6.07, 6.45) is 1.64. The Morgan fingerprint density at radius 3 is 2.83 bits per heavy atom. The van der Waals surface area contributed by atoms with E-state index in [-0.39, 0.29) is 5.91 Å². The highest BCUT2D eigenvalue weighted by Gasteiger charge is 2.38. The molecule has 1 N–H and O–H groups in total. The number of amides is 1. The summed E-state index contributed by atoms with van der Waals surface area (Å²) in [6.45, 7) is 3.74. The van der Waals surface area contributed by atoms with Gasteiger partial charge in [-0.1, -0.05) is 0 Å². The molecule has 18 heavy (non-hydrogen) atoms. The topological polar surface area (TPSA) is 54.5 Å². The summed E-state index contributed by atoms with van der Waals surface area (Å²) in [5.74, 6) is 1.67. The van der Waals surface area contributed by atoms with Crippen LogP contribution in [0.1, 0.15) is 10.4 Å². The van der Waals surface area contributed by atoms with Gasteiger partial charge in [0.05, 0.1) is 7.11 Å². The Kier molecular flexibility index (Phi) is 2.91. The van der Waals surface area contributed by atoms with Crippen LogP contribution in [0.15, 0.2) is 18.3 Å². The molecule has 2 aliphatic heterocycles. The molecule has 3 rings (SSSR count). The van der Waals surface area contributed by atoms with Crippen molar-refractivity contribution in [1.82, 2.24) is 15.2 Å². The van der Waals surface area contributed by atoms with Crippen molar-refractivity contribution in [2.75, 3.05) is 33.3 Å². The molecule has 2 aliphatic rings. The van der Waals surface area contributed by atoms with E-state index in [1.54, 1.807) is 25.4 Å². The van der Waals surface area contributed by atoms with Gasteiger partial charge in [0.1, 0.15) is 5.56 Å². The van der Waals surface area contributed by atoms with Gasteiger partial charge >= 0.3 is 0 Å². The maximum atomic E-state index is 12.4. The lowest BCUT2D eigenvalue weighted by atomic mass is 10.0. The number of likely N-dealkylation sites (tertiary alicyclic amines) is 1. The summed E-state index contributed by atoms with van der Waals surface area (Å²) in [4.78, 5) is 18.4. The van der Waals surface area contributed by atoms with Crippen molar-refractivity contribution >= 4 is 5.91 Å². The van der Waals surface area contributed by atoms with Crippen LogP contribution in [-0.2, 0) is 0 Å². The van der Waals surface area contributed by atoms with Gasteiger partial charge in [-0.25, -0.2) is 4.98 Å². The number of carbonyl (C=O) groups is 1. The number of aromatic nitrogens is 1. The van der Waals surface area contributed by atoms with Gasteiger partial charge < -0.3 is 15.0 Å². The molecule has 3 heterocycles. The zero-order valence-electron chi connectivity index (χ0n) is 10.4. The number of hydrogen-bond donors (Lipinski definition) is 1. The summed E-state index contributed by atoms with van der Waals surface area (Å²) in [5, 5.41) is 3.37. The number of hydrogen-bond acceptors (Lipinski definition) is 4. The summed E-state index contributed by atoms with van der Waals surface area (Å²) >= 11 is 0. The molecule has 5 nitrogen and oxygen atoms in total. The Hall–Kier alpha value is -1.62. The monoisotopic (exact) mass is 247 g/mol. The Balaban J connectivity index is 1.79. The molecule has 2 atom stereocenters. The van der Waals surface area contributed by atoms with Crippen LogP contribution in [0.5, 0.6) is 5.88 Å². The lowest BCUT2D eigenvalue weighted by Crippen LogP contribution is -2.32. The molecule has 2 saturated heterocycles. The van der Waals surface area contributed by atoms with E-state index >= 15 is 0 Å². The maximum Gasteiger partial charge on any atom is 0.259 e. The van der Waals surface area contributed by atoms with Crippen molar-refractivity contribution in [3.05, 3.63) is 23.9 Å². The first-order chi connectivity index (χ1) is 8.79. The molecular formula is C13H17N3O2. The number of nitrogens with zero attached hydrogens (tertiary/aromatic N) is 2. The second kappa shape index (κ2) is 4.57. The van der Waals surface area contributed by atoms with Crippen molar-refractivity contribution in [2.24, 2.45) is 11.8 Å². The van der Waals surface area contributed by atoms with Gasteiger partial charge in [0.15, 0.2) is 0 Å². The minimum Gasteiger partial charge on any atom is -0.480 e. The normalized spacial score (nSPS) is 26.2. The zero-order valence-corrected chi connectivity index (χ0v) is 10.4. The van der Waals surface area contributed by atoms with Crippen LogP contribution in [0, 0.1) is 11.8 Å². The predicted octanol–water partition coefficient (Wildman–Crippen LogP) is 0.382. The fourth-order valence-corrected chi connectivity index (χ4v) is 2.91. The highest BCUT2D eigenvalue weighted by molar-refractivity contribution is 5.96. The third-order valence-electron chi connectivity index (χ3n) is 3.87. The lowest BCUT2D eigenvalue weighted by Gasteiger charge is -2.18. The Bertz CT molecular complexity index is 451. The van der Waals surface area contributed by atoms with Crippen LogP contribution in [-0.4, -0.2) is 49.1 Å². The second-order valence-corrected chi connectivity index (χ2v) is 4.95. The fraction of sp³-hybridized carbons (Fsp3) is 0.538. The van der Waals surface area contributed by atoms with Gasteiger partial charge in [-0.3, -0.25) is 4.79 Å². The Morgan fingerprint density at radius 2 is 2.17 bits per heavy atom. The average Bonchev–Trinajstić information content (AvgIpc) is 2.98. The first kappa shape index (κ1) is 11.5. The Morgan fingerprint density at radius 1 is 1.44 bits per heavy atom. The molecular weight excluding hydrogens is 230 g/mol. The van der Waals surface area contributed by atoms with E-state index in [4.69, 9.17) is 4.74 Å². The molecule has 0 aromatic carbocycles. The number of rotatable bonds is 2. The van der Waals surface area contributed by atoms with Gasteiger partial charge in [0.25, 0.3) is 5.91 Å². The molecule has 0 radical (unpaired) electrons. The van der Waals surface area contributed by atoms with Gasteiger partial charge in [0, 0.05) is 32.4 Å². The third kappa shape index (κ3) is 1.84. The van der Waals surface area contributed by atoms with Crippen LogP contribution in [0.4, 0.5) is 0 Å². The van der Waals surface area contributed by atoms with Gasteiger partial charge in [0.2, 0.25) is 5.88 Å². The van der Waals surface area contributed by atoms with Crippen LogP contribution in [0.25, 0.3) is 0 Å². The molecule has 0 bridgehead atoms. The summed E-state index contributed by atoms with van der Waals surface area (Å²) < 4.78 is 5.15. The number of ether oxygens (including phenoxy) is 1. The first-order valence-corrected chi connectivity index (χ1v) is 6.28. The highest BCUT2D eigenvalue weighted by Crippen LogP contribution is 2.28. The number of nitrogens with one attached hydrogen (secondary N) is 1. The number of pyridine rings is 1. The van der Waals surface area contributed by atoms with Crippen LogP contribution >= 0.6 is 0 Å². The predicted molar refractivity (Wildman–Crippen MR) is 66.5 cm³/mol. The minimum absolute atomic E-state index is 0.0364. The third-order valence-corrected chi connectivity index (χ3v) is 3.87. The zero-order chi connectivity index (χ0) is 12.5. The fourth-order valence-electron chi connectivity index (χ4n) is 2.91. The van der Waals surface area contributed by atoms with E-state index in [2.05, 4.69) is 10.3 Å². The molecule has 0 saturated carbocycles. The molecule has 0 spiro atoms. The van der Waals surface area contributed by atoms with Gasteiger partial charge in [-0.15, -0.1) is 0 Å². The number of fused-ring (bicyclic) bond motifs is 1. The van der Waals surface area contributed by atoms with E-state index in [1.807, 2.05) is 4.90 Å². The SMILES string of the molecule is COc1ncccc1C(=O)N1C[C@H]2CNC[C@H]2C1. The summed E-state index contributed by atoms with van der Waals surface area (Å²) in [7, 11) is 1.54. The molecule has 0 unspecified atom stereocenters. The highest BCUT2D eigenvalue weighted by atomic mass is 16.5. The van der Waals surface area contributed by atoms with E-state index in [0.717, 1.165) is 26.2 Å². The number of methoxy groups -OCH3 is 1. The van der Waals surface area contributed by atoms with Crippen LogP contribution in [0.3, 0.4) is 0 Å². The lowest BCUT2D eigenvalue weighted by molar-refractivity contribution is 0.0777.